The fraction of sp³-hybridized carbons (Fsp3) is 0.476. The van der Waals surface area contributed by atoms with Crippen molar-refractivity contribution >= 4 is 11.7 Å². The van der Waals surface area contributed by atoms with E-state index >= 15 is 0 Å². The summed E-state index contributed by atoms with van der Waals surface area (Å²) in [7, 11) is 0. The van der Waals surface area contributed by atoms with Gasteiger partial charge in [0, 0.05) is 43.5 Å². The number of rotatable bonds is 4. The number of hydrogen-bond donors (Lipinski definition) is 1. The average Bonchev–Trinajstić information content (AvgIpc) is 3.11. The van der Waals surface area contributed by atoms with E-state index in [9.17, 15) is 9.90 Å². The molecular weight excluding hydrogens is 340 g/mol. The van der Waals surface area contributed by atoms with E-state index in [1.165, 1.54) is 0 Å². The molecule has 0 bridgehead atoms. The molecule has 1 aromatic heterocycles. The molecule has 2 aromatic rings. The van der Waals surface area contributed by atoms with E-state index in [1.807, 2.05) is 48.2 Å². The summed E-state index contributed by atoms with van der Waals surface area (Å²) in [5.74, 6) is 1.81. The highest BCUT2D eigenvalue weighted by atomic mass is 16.3. The molecule has 2 aliphatic rings. The Morgan fingerprint density at radius 2 is 1.96 bits per heavy atom. The van der Waals surface area contributed by atoms with Gasteiger partial charge in [-0.3, -0.25) is 4.79 Å². The Hall–Kier alpha value is -2.47. The van der Waals surface area contributed by atoms with Gasteiger partial charge in [-0.05, 0) is 26.2 Å². The van der Waals surface area contributed by atoms with E-state index in [0.717, 1.165) is 55.3 Å². The molecule has 2 fully saturated rings. The summed E-state index contributed by atoms with van der Waals surface area (Å²) in [6.07, 6.45) is 2.76. The first kappa shape index (κ1) is 17.9. The monoisotopic (exact) mass is 366 g/mol. The van der Waals surface area contributed by atoms with Crippen LogP contribution >= 0.6 is 0 Å². The Morgan fingerprint density at radius 3 is 2.74 bits per heavy atom. The molecule has 1 aromatic carbocycles. The van der Waals surface area contributed by atoms with Crippen molar-refractivity contribution in [3.8, 4) is 11.4 Å². The van der Waals surface area contributed by atoms with Gasteiger partial charge in [0.25, 0.3) is 0 Å². The molecule has 1 N–H and O–H groups in total. The summed E-state index contributed by atoms with van der Waals surface area (Å²) < 4.78 is 0. The molecule has 6 heteroatoms. The quantitative estimate of drug-likeness (QED) is 0.899. The van der Waals surface area contributed by atoms with Crippen LogP contribution in [-0.4, -0.2) is 58.7 Å². The number of carbonyl (C=O) groups is 1. The number of aliphatic hydroxyl groups is 1. The highest BCUT2D eigenvalue weighted by molar-refractivity contribution is 5.85. The fourth-order valence-corrected chi connectivity index (χ4v) is 4.36. The maximum atomic E-state index is 13.0. The lowest BCUT2D eigenvalue weighted by molar-refractivity contribution is -0.145. The molecule has 2 aliphatic heterocycles. The molecule has 142 valence electrons. The molecular formula is C21H26N4O2. The van der Waals surface area contributed by atoms with E-state index in [-0.39, 0.29) is 17.9 Å². The summed E-state index contributed by atoms with van der Waals surface area (Å²) >= 11 is 0. The molecule has 0 radical (unpaired) electrons. The van der Waals surface area contributed by atoms with Crippen LogP contribution in [0.2, 0.25) is 0 Å². The number of β-amino-alcohol motifs (C(OH)–C–C–N with tert-alkyl or cyclic N) is 1. The van der Waals surface area contributed by atoms with Crippen molar-refractivity contribution < 1.29 is 9.90 Å². The van der Waals surface area contributed by atoms with Gasteiger partial charge in [-0.1, -0.05) is 30.3 Å². The van der Waals surface area contributed by atoms with Gasteiger partial charge >= 0.3 is 0 Å². The van der Waals surface area contributed by atoms with Crippen LogP contribution in [0.25, 0.3) is 11.4 Å². The first-order chi connectivity index (χ1) is 13.1. The molecule has 1 atom stereocenters. The molecule has 0 unspecified atom stereocenters. The number of piperidine rings is 1. The Morgan fingerprint density at radius 1 is 1.15 bits per heavy atom. The highest BCUT2D eigenvalue weighted by Crippen LogP contribution is 2.41. The average molecular weight is 366 g/mol. The molecule has 27 heavy (non-hydrogen) atoms. The number of anilines is 1. The molecule has 1 amide bonds. The summed E-state index contributed by atoms with van der Waals surface area (Å²) in [6.45, 7) is 4.72. The summed E-state index contributed by atoms with van der Waals surface area (Å²) in [5, 5.41) is 9.25. The zero-order valence-electron chi connectivity index (χ0n) is 15.8. The summed E-state index contributed by atoms with van der Waals surface area (Å²) in [6, 6.07) is 12.0. The van der Waals surface area contributed by atoms with Crippen molar-refractivity contribution in [1.29, 1.82) is 0 Å². The lowest BCUT2D eigenvalue weighted by Gasteiger charge is -2.39. The van der Waals surface area contributed by atoms with Gasteiger partial charge in [-0.2, -0.15) is 0 Å². The maximum Gasteiger partial charge on any atom is 0.230 e. The largest absolute Gasteiger partial charge is 0.395 e. The van der Waals surface area contributed by atoms with Gasteiger partial charge in [0.2, 0.25) is 5.91 Å². The van der Waals surface area contributed by atoms with Gasteiger partial charge in [0.15, 0.2) is 5.82 Å². The minimum absolute atomic E-state index is 0.0249. The fourth-order valence-electron chi connectivity index (χ4n) is 4.36. The lowest BCUT2D eigenvalue weighted by atomic mass is 9.78. The number of hydrogen-bond acceptors (Lipinski definition) is 5. The van der Waals surface area contributed by atoms with Crippen LogP contribution in [0.15, 0.2) is 36.4 Å². The summed E-state index contributed by atoms with van der Waals surface area (Å²) in [4.78, 5) is 26.5. The smallest absolute Gasteiger partial charge is 0.230 e. The predicted molar refractivity (Wildman–Crippen MR) is 104 cm³/mol. The van der Waals surface area contributed by atoms with E-state index in [1.54, 1.807) is 0 Å². The van der Waals surface area contributed by atoms with Crippen LogP contribution in [0, 0.1) is 12.3 Å². The minimum Gasteiger partial charge on any atom is -0.395 e. The molecule has 0 aliphatic carbocycles. The normalized spacial score (nSPS) is 22.7. The van der Waals surface area contributed by atoms with Crippen LogP contribution in [-0.2, 0) is 4.79 Å². The van der Waals surface area contributed by atoms with Crippen LogP contribution in [0.4, 0.5) is 5.82 Å². The number of aliphatic hydroxyl groups excluding tert-OH is 1. The third-order valence-electron chi connectivity index (χ3n) is 5.74. The number of amides is 1. The van der Waals surface area contributed by atoms with E-state index < -0.39 is 0 Å². The first-order valence-electron chi connectivity index (χ1n) is 9.68. The second-order valence-electron chi connectivity index (χ2n) is 7.63. The van der Waals surface area contributed by atoms with Gasteiger partial charge in [0.1, 0.15) is 5.82 Å². The van der Waals surface area contributed by atoms with Crippen molar-refractivity contribution in [2.75, 3.05) is 37.7 Å². The second-order valence-corrected chi connectivity index (χ2v) is 7.63. The van der Waals surface area contributed by atoms with Crippen molar-refractivity contribution in [3.05, 3.63) is 42.1 Å². The molecule has 1 spiro atoms. The second kappa shape index (κ2) is 7.27. The van der Waals surface area contributed by atoms with Crippen molar-refractivity contribution in [1.82, 2.24) is 14.9 Å². The van der Waals surface area contributed by atoms with Gasteiger partial charge in [0.05, 0.1) is 12.0 Å². The number of benzene rings is 1. The van der Waals surface area contributed by atoms with Crippen LogP contribution in [0.5, 0.6) is 0 Å². The minimum atomic E-state index is -0.334. The van der Waals surface area contributed by atoms with Gasteiger partial charge in [-0.25, -0.2) is 9.97 Å². The molecule has 0 saturated carbocycles. The molecule has 6 nitrogen and oxygen atoms in total. The number of aromatic nitrogens is 2. The SMILES string of the molecule is Cc1cc(N2CC[C@]3(CCCN(CCO)C3=O)C2)nc(-c2ccccc2)n1. The van der Waals surface area contributed by atoms with Gasteiger partial charge in [-0.15, -0.1) is 0 Å². The molecule has 2 saturated heterocycles. The van der Waals surface area contributed by atoms with Crippen molar-refractivity contribution in [3.63, 3.8) is 0 Å². The third-order valence-corrected chi connectivity index (χ3v) is 5.74. The van der Waals surface area contributed by atoms with Crippen molar-refractivity contribution in [2.24, 2.45) is 5.41 Å². The third kappa shape index (κ3) is 3.41. The number of carbonyl (C=O) groups excluding carboxylic acids is 1. The maximum absolute atomic E-state index is 13.0. The van der Waals surface area contributed by atoms with Gasteiger partial charge < -0.3 is 14.9 Å². The van der Waals surface area contributed by atoms with Crippen LogP contribution < -0.4 is 4.90 Å². The van der Waals surface area contributed by atoms with Crippen LogP contribution in [0.3, 0.4) is 0 Å². The number of aryl methyl sites for hydroxylation is 1. The Balaban J connectivity index is 1.59. The Labute approximate surface area is 159 Å². The van der Waals surface area contributed by atoms with Crippen molar-refractivity contribution in [2.45, 2.75) is 26.2 Å². The van der Waals surface area contributed by atoms with E-state index in [0.29, 0.717) is 13.1 Å². The zero-order valence-corrected chi connectivity index (χ0v) is 15.8. The highest BCUT2D eigenvalue weighted by Gasteiger charge is 2.48. The van der Waals surface area contributed by atoms with Crippen LogP contribution in [0.1, 0.15) is 25.0 Å². The topological polar surface area (TPSA) is 69.6 Å². The van der Waals surface area contributed by atoms with E-state index in [4.69, 9.17) is 4.98 Å². The molecule has 4 rings (SSSR count). The first-order valence-corrected chi connectivity index (χ1v) is 9.68. The molecule has 3 heterocycles. The predicted octanol–water partition coefficient (Wildman–Crippen LogP) is 2.26. The van der Waals surface area contributed by atoms with E-state index in [2.05, 4.69) is 9.88 Å². The Bertz CT molecular complexity index is 824. The zero-order chi connectivity index (χ0) is 18.9. The number of nitrogens with zero attached hydrogens (tertiary/aromatic N) is 4. The summed E-state index contributed by atoms with van der Waals surface area (Å²) in [5.41, 5.74) is 1.59. The standard InChI is InChI=1S/C21H26N4O2/c1-16-14-18(23-19(22-16)17-6-3-2-4-7-17)25-11-9-21(15-25)8-5-10-24(12-13-26)20(21)27/h2-4,6-7,14,26H,5,8-13,15H2,1H3/t21-/m1/s1. The Kier molecular flexibility index (Phi) is 4.83. The number of likely N-dealkylation sites (tertiary alicyclic amines) is 1. The lowest BCUT2D eigenvalue weighted by Crippen LogP contribution is -2.50.